The molecule has 142 valence electrons. The number of nitrogens with one attached hydrogen (secondary N) is 1. The van der Waals surface area contributed by atoms with Crippen molar-refractivity contribution in [3.8, 4) is 0 Å². The van der Waals surface area contributed by atoms with Gasteiger partial charge in [0.05, 0.1) is 7.11 Å². The van der Waals surface area contributed by atoms with Crippen molar-refractivity contribution in [2.75, 3.05) is 7.11 Å². The molecule has 0 saturated heterocycles. The number of rotatable bonds is 7. The number of aliphatic hydroxyl groups is 1. The van der Waals surface area contributed by atoms with Crippen molar-refractivity contribution in [1.82, 2.24) is 25.2 Å². The van der Waals surface area contributed by atoms with Crippen LogP contribution < -0.4 is 0 Å². The highest BCUT2D eigenvalue weighted by Crippen LogP contribution is 2.16. The van der Waals surface area contributed by atoms with Gasteiger partial charge in [-0.1, -0.05) is 30.3 Å². The fourth-order valence-electron chi connectivity index (χ4n) is 2.48. The lowest BCUT2D eigenvalue weighted by molar-refractivity contribution is -0.134. The SMILES string of the molecule is COC(=O)C=Cc1cc(C(=O)C=C(O)c2nn[nH]n2)cn1Cc1ccccc1. The van der Waals surface area contributed by atoms with Gasteiger partial charge in [0.1, 0.15) is 0 Å². The molecule has 9 heteroatoms. The molecule has 0 bridgehead atoms. The fourth-order valence-corrected chi connectivity index (χ4v) is 2.48. The topological polar surface area (TPSA) is 123 Å². The highest BCUT2D eigenvalue weighted by Gasteiger charge is 2.13. The minimum absolute atomic E-state index is 0.0807. The highest BCUT2D eigenvalue weighted by molar-refractivity contribution is 6.07. The van der Waals surface area contributed by atoms with Crippen LogP contribution in [-0.2, 0) is 16.1 Å². The maximum absolute atomic E-state index is 12.5. The maximum Gasteiger partial charge on any atom is 0.330 e. The summed E-state index contributed by atoms with van der Waals surface area (Å²) in [5.41, 5.74) is 1.98. The van der Waals surface area contributed by atoms with Gasteiger partial charge in [-0.05, 0) is 22.9 Å². The molecule has 9 nitrogen and oxygen atoms in total. The molecule has 3 aromatic rings. The quantitative estimate of drug-likeness (QED) is 0.279. The van der Waals surface area contributed by atoms with Crippen molar-refractivity contribution in [3.63, 3.8) is 0 Å². The van der Waals surface area contributed by atoms with Crippen molar-refractivity contribution in [2.45, 2.75) is 6.54 Å². The summed E-state index contributed by atoms with van der Waals surface area (Å²) in [7, 11) is 1.29. The van der Waals surface area contributed by atoms with Crippen molar-refractivity contribution >= 4 is 23.6 Å². The van der Waals surface area contributed by atoms with E-state index in [2.05, 4.69) is 25.4 Å². The number of hydrogen-bond donors (Lipinski definition) is 2. The molecular weight excluding hydrogens is 362 g/mol. The Labute approximate surface area is 160 Å². The standard InChI is InChI=1S/C19H17N5O4/c1-28-18(27)8-7-15-9-14(12-24(15)11-13-5-3-2-4-6-13)16(25)10-17(26)19-20-22-23-21-19/h2-10,12,26H,11H2,1H3,(H,20,21,22,23). The number of nitrogens with zero attached hydrogens (tertiary/aromatic N) is 4. The lowest BCUT2D eigenvalue weighted by Gasteiger charge is -2.06. The first kappa shape index (κ1) is 18.8. The van der Waals surface area contributed by atoms with Crippen LogP contribution in [-0.4, -0.2) is 49.2 Å². The molecule has 28 heavy (non-hydrogen) atoms. The molecule has 0 amide bonds. The Hall–Kier alpha value is -4.01. The van der Waals surface area contributed by atoms with Crippen LogP contribution in [0, 0.1) is 0 Å². The van der Waals surface area contributed by atoms with Gasteiger partial charge in [0, 0.05) is 36.2 Å². The van der Waals surface area contributed by atoms with Crippen LogP contribution in [0.5, 0.6) is 0 Å². The van der Waals surface area contributed by atoms with Crippen molar-refractivity contribution < 1.29 is 19.4 Å². The Morgan fingerprint density at radius 3 is 2.75 bits per heavy atom. The summed E-state index contributed by atoms with van der Waals surface area (Å²) in [6.45, 7) is 0.496. The number of H-pyrrole nitrogens is 1. The van der Waals surface area contributed by atoms with E-state index in [4.69, 9.17) is 0 Å². The van der Waals surface area contributed by atoms with Gasteiger partial charge in [0.25, 0.3) is 0 Å². The first-order valence-corrected chi connectivity index (χ1v) is 8.25. The average Bonchev–Trinajstić information content (AvgIpc) is 3.37. The minimum atomic E-state index is -0.505. The number of methoxy groups -OCH3 is 1. The zero-order valence-electron chi connectivity index (χ0n) is 14.9. The molecule has 0 fully saturated rings. The first-order chi connectivity index (χ1) is 13.6. The average molecular weight is 379 g/mol. The molecule has 2 N–H and O–H groups in total. The van der Waals surface area contributed by atoms with Gasteiger partial charge >= 0.3 is 5.97 Å². The highest BCUT2D eigenvalue weighted by atomic mass is 16.5. The number of ketones is 1. The largest absolute Gasteiger partial charge is 0.504 e. The monoisotopic (exact) mass is 379 g/mol. The number of ether oxygens (including phenoxy) is 1. The number of esters is 1. The van der Waals surface area contributed by atoms with Gasteiger partial charge in [-0.3, -0.25) is 4.79 Å². The number of benzene rings is 1. The van der Waals surface area contributed by atoms with Crippen LogP contribution in [0.25, 0.3) is 11.8 Å². The lowest BCUT2D eigenvalue weighted by atomic mass is 10.2. The third-order valence-corrected chi connectivity index (χ3v) is 3.84. The second-order valence-electron chi connectivity index (χ2n) is 5.75. The number of aromatic amines is 1. The van der Waals surface area contributed by atoms with Crippen LogP contribution >= 0.6 is 0 Å². The number of carbonyl (C=O) groups excluding carboxylic acids is 2. The van der Waals surface area contributed by atoms with Gasteiger partial charge in [-0.15, -0.1) is 10.2 Å². The maximum atomic E-state index is 12.5. The summed E-state index contributed by atoms with van der Waals surface area (Å²) in [4.78, 5) is 23.9. The molecule has 0 aliphatic rings. The van der Waals surface area contributed by atoms with Crippen LogP contribution in [0.2, 0.25) is 0 Å². The van der Waals surface area contributed by atoms with Gasteiger partial charge in [-0.2, -0.15) is 5.21 Å². The van der Waals surface area contributed by atoms with E-state index in [0.29, 0.717) is 17.8 Å². The molecule has 0 radical (unpaired) electrons. The number of hydrogen-bond acceptors (Lipinski definition) is 7. The Morgan fingerprint density at radius 2 is 2.07 bits per heavy atom. The summed E-state index contributed by atoms with van der Waals surface area (Å²) in [5, 5.41) is 22.7. The van der Waals surface area contributed by atoms with Gasteiger partial charge in [0.15, 0.2) is 11.5 Å². The fraction of sp³-hybridized carbons (Fsp3) is 0.105. The van der Waals surface area contributed by atoms with Gasteiger partial charge in [0.2, 0.25) is 5.82 Å². The molecule has 3 rings (SSSR count). The second-order valence-corrected chi connectivity index (χ2v) is 5.75. The molecule has 0 saturated carbocycles. The van der Waals surface area contributed by atoms with E-state index >= 15 is 0 Å². The van der Waals surface area contributed by atoms with E-state index in [0.717, 1.165) is 11.6 Å². The summed E-state index contributed by atoms with van der Waals surface area (Å²) >= 11 is 0. The summed E-state index contributed by atoms with van der Waals surface area (Å²) < 4.78 is 6.43. The van der Waals surface area contributed by atoms with Gasteiger partial charge in [-0.25, -0.2) is 4.79 Å². The van der Waals surface area contributed by atoms with Crippen LogP contribution in [0.4, 0.5) is 0 Å². The molecule has 0 unspecified atom stereocenters. The molecule has 0 spiro atoms. The van der Waals surface area contributed by atoms with Gasteiger partial charge < -0.3 is 14.4 Å². The smallest absolute Gasteiger partial charge is 0.330 e. The Kier molecular flexibility index (Phi) is 5.75. The summed E-state index contributed by atoms with van der Waals surface area (Å²) in [6, 6.07) is 11.3. The van der Waals surface area contributed by atoms with Crippen LogP contribution in [0.1, 0.15) is 27.4 Å². The third-order valence-electron chi connectivity index (χ3n) is 3.84. The van der Waals surface area contributed by atoms with Crippen molar-refractivity contribution in [1.29, 1.82) is 0 Å². The van der Waals surface area contributed by atoms with E-state index in [1.807, 2.05) is 34.9 Å². The summed E-state index contributed by atoms with van der Waals surface area (Å²) in [5.74, 6) is -1.43. The van der Waals surface area contributed by atoms with E-state index in [1.165, 1.54) is 13.2 Å². The van der Waals surface area contributed by atoms with Crippen molar-refractivity contribution in [3.05, 3.63) is 77.4 Å². The second kappa shape index (κ2) is 8.58. The van der Waals surface area contributed by atoms with E-state index in [1.54, 1.807) is 18.3 Å². The number of aliphatic hydroxyl groups excluding tert-OH is 1. The number of allylic oxidation sites excluding steroid dienone is 1. The van der Waals surface area contributed by atoms with Crippen LogP contribution in [0.3, 0.4) is 0 Å². The molecule has 0 aliphatic carbocycles. The van der Waals surface area contributed by atoms with Crippen LogP contribution in [0.15, 0.2) is 54.7 Å². The molecule has 0 atom stereocenters. The first-order valence-electron chi connectivity index (χ1n) is 8.25. The Morgan fingerprint density at radius 1 is 1.29 bits per heavy atom. The molecule has 2 aromatic heterocycles. The molecule has 0 aliphatic heterocycles. The molecular formula is C19H17N5O4. The molecule has 2 heterocycles. The molecule has 1 aromatic carbocycles. The number of aromatic nitrogens is 5. The number of tetrazole rings is 1. The van der Waals surface area contributed by atoms with E-state index in [-0.39, 0.29) is 5.82 Å². The predicted molar refractivity (Wildman–Crippen MR) is 100 cm³/mol. The Balaban J connectivity index is 1.91. The normalized spacial score (nSPS) is 11.7. The third kappa shape index (κ3) is 4.58. The zero-order valence-corrected chi connectivity index (χ0v) is 14.9. The zero-order chi connectivity index (χ0) is 19.9. The van der Waals surface area contributed by atoms with E-state index in [9.17, 15) is 14.7 Å². The van der Waals surface area contributed by atoms with Crippen molar-refractivity contribution in [2.24, 2.45) is 0 Å². The number of carbonyl (C=O) groups is 2. The predicted octanol–water partition coefficient (Wildman–Crippen LogP) is 2.02. The minimum Gasteiger partial charge on any atom is -0.504 e. The van der Waals surface area contributed by atoms with E-state index < -0.39 is 17.5 Å². The lowest BCUT2D eigenvalue weighted by Crippen LogP contribution is -2.01. The summed E-state index contributed by atoms with van der Waals surface area (Å²) in [6.07, 6.45) is 5.50. The Bertz CT molecular complexity index is 1020.